The minimum atomic E-state index is -4.97. The van der Waals surface area contributed by atoms with Gasteiger partial charge in [-0.25, -0.2) is 9.13 Å². The third kappa shape index (κ3) is 89.6. The molecule has 0 aliphatic carbocycles. The van der Waals surface area contributed by atoms with E-state index in [0.29, 0.717) is 25.7 Å². The normalized spacial score (nSPS) is 13.6. The second-order valence-electron chi connectivity index (χ2n) is 34.9. The number of esters is 4. The van der Waals surface area contributed by atoms with Crippen LogP contribution in [0.5, 0.6) is 0 Å². The molecule has 0 aromatic heterocycles. The van der Waals surface area contributed by atoms with Gasteiger partial charge in [0, 0.05) is 25.7 Å². The average molecular weight is 1680 g/mol. The molecule has 0 fully saturated rings. The molecule has 0 aromatic carbocycles. The van der Waals surface area contributed by atoms with E-state index in [9.17, 15) is 43.2 Å². The zero-order chi connectivity index (χ0) is 84.0. The van der Waals surface area contributed by atoms with Gasteiger partial charge in [-0.2, -0.15) is 0 Å². The lowest BCUT2D eigenvalue weighted by Crippen LogP contribution is -2.30. The smallest absolute Gasteiger partial charge is 0.462 e. The summed E-state index contributed by atoms with van der Waals surface area (Å²) in [4.78, 5) is 73.6. The van der Waals surface area contributed by atoms with E-state index >= 15 is 0 Å². The molecule has 0 saturated carbocycles. The molecular weight excluding hydrogens is 1490 g/mol. The molecule has 0 heterocycles. The molecule has 0 amide bonds. The molecule has 5 atom stereocenters. The zero-order valence-corrected chi connectivity index (χ0v) is 77.7. The number of rotatable bonds is 96. The number of phosphoric acid groups is 2. The summed E-state index contributed by atoms with van der Waals surface area (Å²) in [7, 11) is -9.94. The second kappa shape index (κ2) is 88.4. The molecule has 0 rings (SSSR count). The summed E-state index contributed by atoms with van der Waals surface area (Å²) >= 11 is 0. The van der Waals surface area contributed by atoms with Crippen molar-refractivity contribution in [2.75, 3.05) is 39.6 Å². The first-order valence-corrected chi connectivity index (χ1v) is 52.6. The SMILES string of the molecule is CCCCCCCCCCCCCCCCCCCCCCCCC(=O)O[C@H](COC(=O)CCCCCCCCCCCCCCCCCCCCC(C)C)COP(=O)(O)OC[C@@H](O)COP(=O)(O)OC[C@@H](COC(=O)CCCCCCCCCCCCCCC)OC(=O)CCCCCCCCCCCCCCCCCCCCC. The number of carbonyl (C=O) groups excluding carboxylic acids is 4. The molecule has 0 aliphatic rings. The van der Waals surface area contributed by atoms with Crippen LogP contribution in [-0.2, 0) is 65.4 Å². The van der Waals surface area contributed by atoms with Crippen LogP contribution in [0.15, 0.2) is 0 Å². The van der Waals surface area contributed by atoms with E-state index < -0.39 is 97.5 Å². The highest BCUT2D eigenvalue weighted by molar-refractivity contribution is 7.47. The quantitative estimate of drug-likeness (QED) is 0.0222. The van der Waals surface area contributed by atoms with Crippen LogP contribution in [-0.4, -0.2) is 96.7 Å². The fourth-order valence-electron chi connectivity index (χ4n) is 15.2. The van der Waals surface area contributed by atoms with E-state index in [4.69, 9.17) is 37.0 Å². The largest absolute Gasteiger partial charge is 0.472 e. The first-order valence-electron chi connectivity index (χ1n) is 49.6. The lowest BCUT2D eigenvalue weighted by Gasteiger charge is -2.21. The standard InChI is InChI=1S/C96H188O17P2/c1-6-9-12-15-18-21-24-27-29-31-33-34-35-37-43-47-52-57-62-67-72-77-82-96(101)113-92(86-107-94(99)80-75-70-65-60-55-50-45-41-39-38-40-44-49-53-58-63-68-73-78-89(4)5)88-111-115(104,105)109-84-90(97)83-108-114(102,103)110-87-91(85-106-93(98)79-74-69-64-59-54-48-26-23-20-17-14-11-8-3)112-95(100)81-76-71-66-61-56-51-46-42-36-32-30-28-25-22-19-16-13-10-7-2/h89-92,97H,6-88H2,1-5H3,(H,102,103)(H,104,105)/t90-,91+,92+/m0/s1. The van der Waals surface area contributed by atoms with Crippen molar-refractivity contribution in [2.24, 2.45) is 5.92 Å². The lowest BCUT2D eigenvalue weighted by atomic mass is 10.0. The molecule has 115 heavy (non-hydrogen) atoms. The van der Waals surface area contributed by atoms with Crippen LogP contribution in [0.4, 0.5) is 0 Å². The Morgan fingerprint density at radius 3 is 0.591 bits per heavy atom. The Balaban J connectivity index is 5.25. The van der Waals surface area contributed by atoms with Gasteiger partial charge >= 0.3 is 39.5 Å². The van der Waals surface area contributed by atoms with Crippen molar-refractivity contribution in [3.63, 3.8) is 0 Å². The maximum Gasteiger partial charge on any atom is 0.472 e. The van der Waals surface area contributed by atoms with E-state index in [1.54, 1.807) is 0 Å². The highest BCUT2D eigenvalue weighted by Gasteiger charge is 2.31. The van der Waals surface area contributed by atoms with Crippen molar-refractivity contribution < 1.29 is 80.2 Å². The van der Waals surface area contributed by atoms with Crippen LogP contribution in [0.2, 0.25) is 0 Å². The minimum absolute atomic E-state index is 0.110. The van der Waals surface area contributed by atoms with E-state index in [-0.39, 0.29) is 25.7 Å². The first-order chi connectivity index (χ1) is 56.0. The van der Waals surface area contributed by atoms with Crippen LogP contribution in [0, 0.1) is 5.92 Å². The van der Waals surface area contributed by atoms with Gasteiger partial charge in [-0.3, -0.25) is 37.3 Å². The van der Waals surface area contributed by atoms with Gasteiger partial charge in [0.25, 0.3) is 0 Å². The Bertz CT molecular complexity index is 2170. The van der Waals surface area contributed by atoms with Gasteiger partial charge in [0.05, 0.1) is 26.4 Å². The molecule has 19 heteroatoms. The minimum Gasteiger partial charge on any atom is -0.462 e. The summed E-state index contributed by atoms with van der Waals surface area (Å²) < 4.78 is 69.2. The summed E-state index contributed by atoms with van der Waals surface area (Å²) in [5, 5.41) is 10.7. The van der Waals surface area contributed by atoms with Crippen LogP contribution < -0.4 is 0 Å². The van der Waals surface area contributed by atoms with Gasteiger partial charge in [-0.1, -0.05) is 478 Å². The molecule has 0 radical (unpaired) electrons. The van der Waals surface area contributed by atoms with E-state index in [1.165, 1.54) is 353 Å². The third-order valence-electron chi connectivity index (χ3n) is 22.8. The topological polar surface area (TPSA) is 237 Å². The predicted octanol–water partition coefficient (Wildman–Crippen LogP) is 30.3. The van der Waals surface area contributed by atoms with Gasteiger partial charge < -0.3 is 33.8 Å². The monoisotopic (exact) mass is 1680 g/mol. The zero-order valence-electron chi connectivity index (χ0n) is 76.0. The summed E-state index contributed by atoms with van der Waals surface area (Å²) in [6, 6.07) is 0. The summed E-state index contributed by atoms with van der Waals surface area (Å²) in [5.74, 6) is -1.26. The van der Waals surface area contributed by atoms with E-state index in [0.717, 1.165) is 95.8 Å². The van der Waals surface area contributed by atoms with Crippen molar-refractivity contribution in [3.8, 4) is 0 Å². The van der Waals surface area contributed by atoms with Gasteiger partial charge in [0.2, 0.25) is 0 Å². The van der Waals surface area contributed by atoms with Gasteiger partial charge in [-0.05, 0) is 31.6 Å². The Labute approximate surface area is 708 Å². The maximum atomic E-state index is 13.2. The second-order valence-corrected chi connectivity index (χ2v) is 37.8. The fourth-order valence-corrected chi connectivity index (χ4v) is 16.8. The molecule has 0 saturated heterocycles. The predicted molar refractivity (Wildman–Crippen MR) is 479 cm³/mol. The molecule has 0 aromatic rings. The maximum absolute atomic E-state index is 13.2. The highest BCUT2D eigenvalue weighted by Crippen LogP contribution is 2.45. The molecule has 0 aliphatic heterocycles. The number of aliphatic hydroxyl groups excluding tert-OH is 1. The molecule has 3 N–H and O–H groups in total. The summed E-state index contributed by atoms with van der Waals surface area (Å²) in [6.45, 7) is 7.47. The Hall–Kier alpha value is -1.94. The highest BCUT2D eigenvalue weighted by atomic mass is 31.2. The van der Waals surface area contributed by atoms with Crippen molar-refractivity contribution in [2.45, 2.75) is 547 Å². The fraction of sp³-hybridized carbons (Fsp3) is 0.958. The van der Waals surface area contributed by atoms with Crippen molar-refractivity contribution in [1.82, 2.24) is 0 Å². The van der Waals surface area contributed by atoms with Crippen LogP contribution >= 0.6 is 15.6 Å². The Morgan fingerprint density at radius 1 is 0.235 bits per heavy atom. The molecule has 2 unspecified atom stereocenters. The van der Waals surface area contributed by atoms with Crippen LogP contribution in [0.25, 0.3) is 0 Å². The lowest BCUT2D eigenvalue weighted by molar-refractivity contribution is -0.161. The molecule has 684 valence electrons. The van der Waals surface area contributed by atoms with Crippen molar-refractivity contribution >= 4 is 39.5 Å². The number of unbranched alkanes of at least 4 members (excludes halogenated alkanes) is 68. The van der Waals surface area contributed by atoms with Crippen molar-refractivity contribution in [3.05, 3.63) is 0 Å². The van der Waals surface area contributed by atoms with Crippen LogP contribution in [0.1, 0.15) is 529 Å². The van der Waals surface area contributed by atoms with E-state index in [2.05, 4.69) is 34.6 Å². The number of hydrogen-bond acceptors (Lipinski definition) is 15. The molecule has 17 nitrogen and oxygen atoms in total. The van der Waals surface area contributed by atoms with Crippen molar-refractivity contribution in [1.29, 1.82) is 0 Å². The van der Waals surface area contributed by atoms with E-state index in [1.807, 2.05) is 0 Å². The number of ether oxygens (including phenoxy) is 4. The number of phosphoric ester groups is 2. The summed E-state index contributed by atoms with van der Waals surface area (Å²) in [5.41, 5.74) is 0. The first kappa shape index (κ1) is 113. The average Bonchev–Trinajstić information content (AvgIpc) is 0.899. The van der Waals surface area contributed by atoms with Gasteiger partial charge in [0.1, 0.15) is 19.3 Å². The number of carbonyl (C=O) groups is 4. The number of aliphatic hydroxyl groups is 1. The molecule has 0 bridgehead atoms. The van der Waals surface area contributed by atoms with Gasteiger partial charge in [-0.15, -0.1) is 0 Å². The summed E-state index contributed by atoms with van der Waals surface area (Å²) in [6.07, 6.45) is 86.3. The Kier molecular flexibility index (Phi) is 86.9. The number of hydrogen-bond donors (Lipinski definition) is 3. The third-order valence-corrected chi connectivity index (χ3v) is 24.7. The Morgan fingerprint density at radius 2 is 0.400 bits per heavy atom. The molecular formula is C96H188O17P2. The van der Waals surface area contributed by atoms with Gasteiger partial charge in [0.15, 0.2) is 12.2 Å². The molecule has 0 spiro atoms. The van der Waals surface area contributed by atoms with Crippen LogP contribution in [0.3, 0.4) is 0 Å².